The van der Waals surface area contributed by atoms with Gasteiger partial charge in [0.25, 0.3) is 0 Å². The molecule has 20 heavy (non-hydrogen) atoms. The smallest absolute Gasteiger partial charge is 0.149 e. The van der Waals surface area contributed by atoms with Crippen LogP contribution in [0, 0.1) is 11.8 Å². The number of likely N-dealkylation sites (tertiary alicyclic amines) is 1. The lowest BCUT2D eigenvalue weighted by Crippen LogP contribution is -2.50. The molecule has 3 aliphatic rings. The summed E-state index contributed by atoms with van der Waals surface area (Å²) >= 11 is 2.21. The lowest BCUT2D eigenvalue weighted by Gasteiger charge is -2.40. The van der Waals surface area contributed by atoms with Crippen molar-refractivity contribution in [1.82, 2.24) is 4.90 Å². The Hall–Kier alpha value is -0.0200. The van der Waals surface area contributed by atoms with E-state index in [1.165, 1.54) is 25.7 Å². The summed E-state index contributed by atoms with van der Waals surface area (Å²) in [5.41, 5.74) is 0.107. The highest BCUT2D eigenvalue weighted by Gasteiger charge is 2.56. The van der Waals surface area contributed by atoms with E-state index in [2.05, 4.69) is 37.4 Å². The molecule has 3 rings (SSSR count). The highest BCUT2D eigenvalue weighted by molar-refractivity contribution is 8.00. The van der Waals surface area contributed by atoms with Crippen LogP contribution in [0.2, 0.25) is 0 Å². The summed E-state index contributed by atoms with van der Waals surface area (Å²) in [6.45, 7) is 8.88. The van der Waals surface area contributed by atoms with Crippen LogP contribution >= 0.6 is 11.8 Å². The second-order valence-corrected chi connectivity index (χ2v) is 9.19. The molecular weight excluding hydrogens is 266 g/mol. The normalized spacial score (nSPS) is 41.5. The van der Waals surface area contributed by atoms with E-state index in [4.69, 9.17) is 0 Å². The predicted molar refractivity (Wildman–Crippen MR) is 85.9 cm³/mol. The van der Waals surface area contributed by atoms with Gasteiger partial charge in [-0.25, -0.2) is 0 Å². The van der Waals surface area contributed by atoms with Crippen molar-refractivity contribution in [1.29, 1.82) is 0 Å². The molecular formula is C17H29NOS. The zero-order valence-corrected chi connectivity index (χ0v) is 14.2. The Morgan fingerprint density at radius 3 is 2.55 bits per heavy atom. The van der Waals surface area contributed by atoms with Crippen molar-refractivity contribution in [3.63, 3.8) is 0 Å². The zero-order chi connectivity index (χ0) is 14.5. The first-order valence-corrected chi connectivity index (χ1v) is 9.34. The van der Waals surface area contributed by atoms with Crippen molar-refractivity contribution >= 4 is 17.5 Å². The van der Waals surface area contributed by atoms with Gasteiger partial charge >= 0.3 is 0 Å². The first-order chi connectivity index (χ1) is 9.43. The minimum absolute atomic E-state index is 0.107. The molecule has 1 saturated carbocycles. The molecule has 2 nitrogen and oxygen atoms in total. The third-order valence-corrected chi connectivity index (χ3v) is 7.37. The molecule has 2 saturated heterocycles. The van der Waals surface area contributed by atoms with E-state index in [1.807, 2.05) is 6.92 Å². The maximum atomic E-state index is 12.4. The topological polar surface area (TPSA) is 20.3 Å². The molecule has 2 heterocycles. The monoisotopic (exact) mass is 295 g/mol. The second kappa shape index (κ2) is 5.31. The van der Waals surface area contributed by atoms with E-state index >= 15 is 0 Å². The third-order valence-electron chi connectivity index (χ3n) is 5.58. The fraction of sp³-hybridized carbons (Fsp3) is 0.941. The van der Waals surface area contributed by atoms with Crippen molar-refractivity contribution in [2.45, 2.75) is 88.4 Å². The molecule has 0 spiro atoms. The van der Waals surface area contributed by atoms with Crippen LogP contribution in [0.15, 0.2) is 0 Å². The molecule has 0 aromatic heterocycles. The van der Waals surface area contributed by atoms with E-state index in [0.717, 1.165) is 23.5 Å². The summed E-state index contributed by atoms with van der Waals surface area (Å²) < 4.78 is 0. The van der Waals surface area contributed by atoms with Gasteiger partial charge in [-0.15, -0.1) is 11.8 Å². The first kappa shape index (κ1) is 14.9. The SMILES string of the molecule is CCC(=O)C1CC2C3CCCCC3SC2N1C(C)(C)C. The summed E-state index contributed by atoms with van der Waals surface area (Å²) in [6, 6.07) is 0.186. The lowest BCUT2D eigenvalue weighted by molar-refractivity contribution is -0.124. The van der Waals surface area contributed by atoms with Crippen molar-refractivity contribution in [2.24, 2.45) is 11.8 Å². The van der Waals surface area contributed by atoms with Gasteiger partial charge in [-0.05, 0) is 51.9 Å². The molecule has 0 bridgehead atoms. The van der Waals surface area contributed by atoms with Gasteiger partial charge in [0.2, 0.25) is 0 Å². The third kappa shape index (κ3) is 2.35. The van der Waals surface area contributed by atoms with Crippen LogP contribution < -0.4 is 0 Å². The minimum atomic E-state index is 0.107. The Kier molecular flexibility index (Phi) is 3.96. The molecule has 3 heteroatoms. The zero-order valence-electron chi connectivity index (χ0n) is 13.4. The molecule has 0 amide bonds. The van der Waals surface area contributed by atoms with Crippen molar-refractivity contribution < 1.29 is 4.79 Å². The van der Waals surface area contributed by atoms with E-state index in [-0.39, 0.29) is 11.6 Å². The molecule has 5 atom stereocenters. The highest BCUT2D eigenvalue weighted by Crippen LogP contribution is 2.57. The Balaban J connectivity index is 1.87. The van der Waals surface area contributed by atoms with Gasteiger partial charge in [-0.3, -0.25) is 9.69 Å². The molecule has 1 aliphatic carbocycles. The maximum absolute atomic E-state index is 12.4. The number of nitrogens with zero attached hydrogens (tertiary/aromatic N) is 1. The number of carbonyl (C=O) groups is 1. The number of rotatable bonds is 2. The average molecular weight is 295 g/mol. The number of Topliss-reactive ketones (excluding diaryl/α,β-unsaturated/α-hetero) is 1. The summed E-state index contributed by atoms with van der Waals surface area (Å²) in [7, 11) is 0. The number of thioether (sulfide) groups is 1. The van der Waals surface area contributed by atoms with E-state index in [0.29, 0.717) is 17.6 Å². The predicted octanol–water partition coefficient (Wildman–Crippen LogP) is 4.09. The van der Waals surface area contributed by atoms with Crippen LogP contribution in [0.4, 0.5) is 0 Å². The molecule has 0 N–H and O–H groups in total. The highest BCUT2D eigenvalue weighted by atomic mass is 32.2. The van der Waals surface area contributed by atoms with Crippen molar-refractivity contribution in [3.05, 3.63) is 0 Å². The fourth-order valence-corrected chi connectivity index (χ4v) is 7.07. The summed E-state index contributed by atoms with van der Waals surface area (Å²) in [4.78, 5) is 15.0. The summed E-state index contributed by atoms with van der Waals surface area (Å²) in [5, 5.41) is 1.48. The fourth-order valence-electron chi connectivity index (χ4n) is 4.76. The Labute approximate surface area is 128 Å². The molecule has 0 aromatic rings. The van der Waals surface area contributed by atoms with Gasteiger partial charge in [0.05, 0.1) is 11.4 Å². The van der Waals surface area contributed by atoms with Gasteiger partial charge in [0, 0.05) is 17.2 Å². The summed E-state index contributed by atoms with van der Waals surface area (Å²) in [6.07, 6.45) is 7.46. The average Bonchev–Trinajstić information content (AvgIpc) is 2.92. The Bertz CT molecular complexity index is 389. The largest absolute Gasteiger partial charge is 0.298 e. The van der Waals surface area contributed by atoms with E-state index in [1.54, 1.807) is 0 Å². The molecule has 114 valence electrons. The number of fused-ring (bicyclic) bond motifs is 3. The van der Waals surface area contributed by atoms with Crippen LogP contribution in [0.3, 0.4) is 0 Å². The van der Waals surface area contributed by atoms with Gasteiger partial charge in [-0.2, -0.15) is 0 Å². The Morgan fingerprint density at radius 2 is 1.90 bits per heavy atom. The number of ketones is 1. The van der Waals surface area contributed by atoms with Crippen LogP contribution in [0.1, 0.15) is 66.2 Å². The van der Waals surface area contributed by atoms with Crippen LogP contribution in [0.25, 0.3) is 0 Å². The minimum Gasteiger partial charge on any atom is -0.298 e. The van der Waals surface area contributed by atoms with Crippen molar-refractivity contribution in [2.75, 3.05) is 0 Å². The second-order valence-electron chi connectivity index (χ2n) is 7.83. The number of hydrogen-bond donors (Lipinski definition) is 0. The van der Waals surface area contributed by atoms with Gasteiger partial charge in [-0.1, -0.05) is 19.8 Å². The standard InChI is InChI=1S/C17H29NOS/c1-5-14(19)13-10-12-11-8-6-7-9-15(11)20-16(12)18(13)17(2,3)4/h11-13,15-16H,5-10H2,1-4H3. The lowest BCUT2D eigenvalue weighted by atomic mass is 9.78. The Morgan fingerprint density at radius 1 is 1.20 bits per heavy atom. The molecule has 2 aliphatic heterocycles. The molecule has 0 radical (unpaired) electrons. The molecule has 3 fully saturated rings. The molecule has 5 unspecified atom stereocenters. The summed E-state index contributed by atoms with van der Waals surface area (Å²) in [5.74, 6) is 2.12. The number of hydrogen-bond acceptors (Lipinski definition) is 3. The van der Waals surface area contributed by atoms with E-state index < -0.39 is 0 Å². The maximum Gasteiger partial charge on any atom is 0.149 e. The van der Waals surface area contributed by atoms with Crippen molar-refractivity contribution in [3.8, 4) is 0 Å². The van der Waals surface area contributed by atoms with Crippen LogP contribution in [0.5, 0.6) is 0 Å². The van der Waals surface area contributed by atoms with Gasteiger partial charge in [0.1, 0.15) is 5.78 Å². The van der Waals surface area contributed by atoms with Crippen LogP contribution in [-0.4, -0.2) is 32.9 Å². The molecule has 0 aromatic carbocycles. The van der Waals surface area contributed by atoms with E-state index in [9.17, 15) is 4.79 Å². The van der Waals surface area contributed by atoms with Crippen LogP contribution in [-0.2, 0) is 4.79 Å². The van der Waals surface area contributed by atoms with Gasteiger partial charge < -0.3 is 0 Å². The van der Waals surface area contributed by atoms with Gasteiger partial charge in [0.15, 0.2) is 0 Å². The quantitative estimate of drug-likeness (QED) is 0.765. The number of carbonyl (C=O) groups excluding carboxylic acids is 1. The first-order valence-electron chi connectivity index (χ1n) is 8.40.